The van der Waals surface area contributed by atoms with Crippen molar-refractivity contribution in [3.8, 4) is 0 Å². The molecule has 2 aliphatic rings. The van der Waals surface area contributed by atoms with Gasteiger partial charge in [-0.25, -0.2) is 9.18 Å². The highest BCUT2D eigenvalue weighted by atomic mass is 35.5. The molecule has 0 bridgehead atoms. The van der Waals surface area contributed by atoms with E-state index in [2.05, 4.69) is 20.4 Å². The number of halogens is 2. The molecule has 1 saturated heterocycles. The highest BCUT2D eigenvalue weighted by Crippen LogP contribution is 2.32. The third-order valence-corrected chi connectivity index (χ3v) is 5.53. The monoisotopic (exact) mass is 403 g/mol. The van der Waals surface area contributed by atoms with Gasteiger partial charge in [0.25, 0.3) is 0 Å². The largest absolute Gasteiger partial charge is 0.353 e. The van der Waals surface area contributed by atoms with E-state index in [1.165, 1.54) is 6.07 Å². The molecule has 1 aliphatic carbocycles. The van der Waals surface area contributed by atoms with Crippen LogP contribution in [0.5, 0.6) is 0 Å². The maximum atomic E-state index is 14.0. The fourth-order valence-electron chi connectivity index (χ4n) is 3.76. The highest BCUT2D eigenvalue weighted by molar-refractivity contribution is 6.30. The molecule has 0 spiro atoms. The van der Waals surface area contributed by atoms with Crippen molar-refractivity contribution in [3.05, 3.63) is 52.9 Å². The van der Waals surface area contributed by atoms with E-state index >= 15 is 0 Å². The number of nitrogens with zero attached hydrogens (tertiary/aromatic N) is 4. The normalized spacial score (nSPS) is 19.4. The Bertz CT molecular complexity index is 833. The van der Waals surface area contributed by atoms with Crippen LogP contribution in [0.3, 0.4) is 0 Å². The third kappa shape index (κ3) is 4.35. The van der Waals surface area contributed by atoms with E-state index in [4.69, 9.17) is 11.6 Å². The van der Waals surface area contributed by atoms with Crippen molar-refractivity contribution in [2.24, 2.45) is 0 Å². The number of aromatic nitrogens is 2. The van der Waals surface area contributed by atoms with E-state index < -0.39 is 5.82 Å². The second kappa shape index (κ2) is 8.31. The Morgan fingerprint density at radius 2 is 2.14 bits per heavy atom. The number of carbonyl (C=O) groups is 1. The molecule has 1 saturated carbocycles. The summed E-state index contributed by atoms with van der Waals surface area (Å²) >= 11 is 5.80. The smallest absolute Gasteiger partial charge is 0.318 e. The first-order chi connectivity index (χ1) is 13.6. The van der Waals surface area contributed by atoms with Gasteiger partial charge in [0.05, 0.1) is 6.04 Å². The molecule has 6 nitrogen and oxygen atoms in total. The van der Waals surface area contributed by atoms with Gasteiger partial charge in [0, 0.05) is 42.5 Å². The van der Waals surface area contributed by atoms with Crippen molar-refractivity contribution >= 4 is 23.4 Å². The van der Waals surface area contributed by atoms with Gasteiger partial charge in [-0.3, -0.25) is 0 Å². The van der Waals surface area contributed by atoms with Gasteiger partial charge in [-0.05, 0) is 49.9 Å². The predicted molar refractivity (Wildman–Crippen MR) is 106 cm³/mol. The van der Waals surface area contributed by atoms with Gasteiger partial charge < -0.3 is 15.1 Å². The number of benzene rings is 1. The van der Waals surface area contributed by atoms with E-state index in [9.17, 15) is 9.18 Å². The topological polar surface area (TPSA) is 61.4 Å². The molecule has 1 atom stereocenters. The molecule has 0 radical (unpaired) electrons. The Labute approximate surface area is 168 Å². The van der Waals surface area contributed by atoms with E-state index in [1.54, 1.807) is 18.3 Å². The third-order valence-electron chi connectivity index (χ3n) is 5.29. The molecule has 2 heterocycles. The SMILES string of the molecule is O=C(NCc1ccc(Cl)cc1F)N(C1CC1)[C@@H]1CCCN(c2cccnn2)C1. The van der Waals surface area contributed by atoms with Crippen LogP contribution in [-0.2, 0) is 6.54 Å². The minimum Gasteiger partial charge on any atom is -0.353 e. The van der Waals surface area contributed by atoms with Crippen LogP contribution in [0.25, 0.3) is 0 Å². The molecule has 8 heteroatoms. The summed E-state index contributed by atoms with van der Waals surface area (Å²) in [7, 11) is 0. The van der Waals surface area contributed by atoms with Gasteiger partial charge in [-0.15, -0.1) is 5.10 Å². The Morgan fingerprint density at radius 1 is 1.29 bits per heavy atom. The quantitative estimate of drug-likeness (QED) is 0.828. The maximum absolute atomic E-state index is 14.0. The van der Waals surface area contributed by atoms with Crippen LogP contribution in [0, 0.1) is 5.82 Å². The molecule has 1 N–H and O–H groups in total. The van der Waals surface area contributed by atoms with Gasteiger partial charge in [0.15, 0.2) is 5.82 Å². The van der Waals surface area contributed by atoms with Crippen molar-refractivity contribution in [2.45, 2.75) is 44.3 Å². The molecule has 1 aromatic heterocycles. The minimum absolute atomic E-state index is 0.110. The van der Waals surface area contributed by atoms with Gasteiger partial charge in [0.1, 0.15) is 5.82 Å². The number of nitrogens with one attached hydrogen (secondary N) is 1. The van der Waals surface area contributed by atoms with Crippen LogP contribution in [0.1, 0.15) is 31.2 Å². The molecule has 2 fully saturated rings. The number of carbonyl (C=O) groups excluding carboxylic acids is 1. The summed E-state index contributed by atoms with van der Waals surface area (Å²) in [5, 5.41) is 11.4. The van der Waals surface area contributed by atoms with Crippen LogP contribution < -0.4 is 10.2 Å². The molecule has 0 unspecified atom stereocenters. The van der Waals surface area contributed by atoms with Crippen molar-refractivity contribution in [1.29, 1.82) is 0 Å². The summed E-state index contributed by atoms with van der Waals surface area (Å²) in [5.74, 6) is 0.434. The summed E-state index contributed by atoms with van der Waals surface area (Å²) in [6.07, 6.45) is 5.64. The number of hydrogen-bond acceptors (Lipinski definition) is 4. The lowest BCUT2D eigenvalue weighted by Crippen LogP contribution is -2.54. The first kappa shape index (κ1) is 18.9. The van der Waals surface area contributed by atoms with Crippen LogP contribution in [0.2, 0.25) is 5.02 Å². The first-order valence-corrected chi connectivity index (χ1v) is 10.0. The molecule has 2 aromatic rings. The fraction of sp³-hybridized carbons (Fsp3) is 0.450. The second-order valence-corrected chi connectivity index (χ2v) is 7.79. The van der Waals surface area contributed by atoms with Crippen molar-refractivity contribution < 1.29 is 9.18 Å². The molecule has 28 heavy (non-hydrogen) atoms. The Balaban J connectivity index is 1.42. The number of anilines is 1. The molecular formula is C20H23ClFN5O. The van der Waals surface area contributed by atoms with Gasteiger partial charge in [-0.1, -0.05) is 17.7 Å². The molecule has 1 aromatic carbocycles. The average molecular weight is 404 g/mol. The average Bonchev–Trinajstić information content (AvgIpc) is 3.53. The van der Waals surface area contributed by atoms with Gasteiger partial charge >= 0.3 is 6.03 Å². The highest BCUT2D eigenvalue weighted by Gasteiger charge is 2.39. The lowest BCUT2D eigenvalue weighted by atomic mass is 10.0. The summed E-state index contributed by atoms with van der Waals surface area (Å²) in [6.45, 7) is 1.79. The van der Waals surface area contributed by atoms with E-state index in [1.807, 2.05) is 17.0 Å². The Kier molecular flexibility index (Phi) is 5.62. The molecular weight excluding hydrogens is 381 g/mol. The van der Waals surface area contributed by atoms with Crippen molar-refractivity contribution in [2.75, 3.05) is 18.0 Å². The zero-order valence-corrected chi connectivity index (χ0v) is 16.3. The maximum Gasteiger partial charge on any atom is 0.318 e. The Morgan fingerprint density at radius 3 is 2.86 bits per heavy atom. The number of rotatable bonds is 5. The van der Waals surface area contributed by atoms with Crippen molar-refractivity contribution in [1.82, 2.24) is 20.4 Å². The number of urea groups is 1. The number of hydrogen-bond donors (Lipinski definition) is 1. The van der Waals surface area contributed by atoms with Crippen LogP contribution in [-0.4, -0.2) is 46.3 Å². The van der Waals surface area contributed by atoms with E-state index in [0.29, 0.717) is 10.6 Å². The van der Waals surface area contributed by atoms with Crippen LogP contribution >= 0.6 is 11.6 Å². The van der Waals surface area contributed by atoms with E-state index in [-0.39, 0.29) is 24.7 Å². The van der Waals surface area contributed by atoms with Crippen molar-refractivity contribution in [3.63, 3.8) is 0 Å². The van der Waals surface area contributed by atoms with Crippen LogP contribution in [0.15, 0.2) is 36.5 Å². The molecule has 148 valence electrons. The lowest BCUT2D eigenvalue weighted by molar-refractivity contribution is 0.160. The van der Waals surface area contributed by atoms with Gasteiger partial charge in [0.2, 0.25) is 0 Å². The standard InChI is InChI=1S/C20H23ClFN5O/c21-15-6-5-14(18(22)11-15)12-23-20(28)27(16-7-8-16)17-3-2-10-26(13-17)19-4-1-9-24-25-19/h1,4-6,9,11,16-17H,2-3,7-8,10,12-13H2,(H,23,28)/t17-/m1/s1. The zero-order chi connectivity index (χ0) is 19.5. The molecule has 1 aliphatic heterocycles. The molecule has 4 rings (SSSR count). The lowest BCUT2D eigenvalue weighted by Gasteiger charge is -2.40. The second-order valence-electron chi connectivity index (χ2n) is 7.36. The van der Waals surface area contributed by atoms with Crippen LogP contribution in [0.4, 0.5) is 15.0 Å². The zero-order valence-electron chi connectivity index (χ0n) is 15.5. The molecule has 2 amide bonds. The summed E-state index contributed by atoms with van der Waals surface area (Å²) in [6, 6.07) is 8.56. The fourth-order valence-corrected chi connectivity index (χ4v) is 3.92. The first-order valence-electron chi connectivity index (χ1n) is 9.64. The number of piperidine rings is 1. The number of amides is 2. The summed E-state index contributed by atoms with van der Waals surface area (Å²) < 4.78 is 14.0. The minimum atomic E-state index is -0.405. The van der Waals surface area contributed by atoms with E-state index in [0.717, 1.165) is 44.6 Å². The van der Waals surface area contributed by atoms with Gasteiger partial charge in [-0.2, -0.15) is 5.10 Å². The summed E-state index contributed by atoms with van der Waals surface area (Å²) in [4.78, 5) is 17.1. The Hall–Kier alpha value is -2.41. The summed E-state index contributed by atoms with van der Waals surface area (Å²) in [5.41, 5.74) is 0.429. The predicted octanol–water partition coefficient (Wildman–Crippen LogP) is 3.61.